The summed E-state index contributed by atoms with van der Waals surface area (Å²) in [5, 5.41) is 12.2. The summed E-state index contributed by atoms with van der Waals surface area (Å²) >= 11 is 0. The minimum Gasteiger partial charge on any atom is -0.481 e. The van der Waals surface area contributed by atoms with E-state index >= 15 is 0 Å². The van der Waals surface area contributed by atoms with Gasteiger partial charge in [0.25, 0.3) is 0 Å². The molecule has 0 aliphatic carbocycles. The number of likely N-dealkylation sites (tertiary alicyclic amines) is 1. The second-order valence-corrected chi connectivity index (χ2v) is 4.19. The number of hydrogen-bond donors (Lipinski definition) is 1. The molecule has 0 aromatic rings. The van der Waals surface area contributed by atoms with Gasteiger partial charge in [0.15, 0.2) is 0 Å². The van der Waals surface area contributed by atoms with E-state index in [1.165, 1.54) is 0 Å². The maximum Gasteiger partial charge on any atom is 0.305 e. The molecule has 1 saturated heterocycles. The molecule has 0 spiro atoms. The number of nitrogens with zero attached hydrogens (tertiary/aromatic N) is 4. The number of carbonyl (C=O) groups is 2. The molecular weight excluding hydrogens is 224 g/mol. The van der Waals surface area contributed by atoms with Gasteiger partial charge in [0.05, 0.1) is 6.42 Å². The molecule has 2 unspecified atom stereocenters. The van der Waals surface area contributed by atoms with Gasteiger partial charge < -0.3 is 10.0 Å². The average molecular weight is 240 g/mol. The van der Waals surface area contributed by atoms with Crippen molar-refractivity contribution >= 4 is 11.9 Å². The lowest BCUT2D eigenvalue weighted by Gasteiger charge is -2.25. The zero-order chi connectivity index (χ0) is 12.8. The summed E-state index contributed by atoms with van der Waals surface area (Å²) in [7, 11) is 0. The summed E-state index contributed by atoms with van der Waals surface area (Å²) in [5.41, 5.74) is 8.21. The topological polar surface area (TPSA) is 106 Å². The van der Waals surface area contributed by atoms with E-state index in [1.54, 1.807) is 4.90 Å². The van der Waals surface area contributed by atoms with Crippen molar-refractivity contribution in [2.24, 2.45) is 11.0 Å². The molecule has 1 aliphatic heterocycles. The Morgan fingerprint density at radius 2 is 2.47 bits per heavy atom. The van der Waals surface area contributed by atoms with E-state index in [4.69, 9.17) is 10.6 Å². The number of carbonyl (C=O) groups excluding carboxylic acids is 1. The molecule has 17 heavy (non-hydrogen) atoms. The summed E-state index contributed by atoms with van der Waals surface area (Å²) in [6, 6.07) is -0.254. The molecule has 2 atom stereocenters. The zero-order valence-electron chi connectivity index (χ0n) is 9.74. The first-order chi connectivity index (χ1) is 8.08. The third kappa shape index (κ3) is 3.64. The maximum absolute atomic E-state index is 11.7. The van der Waals surface area contributed by atoms with Gasteiger partial charge in [0.1, 0.15) is 0 Å². The molecule has 1 heterocycles. The van der Waals surface area contributed by atoms with Crippen LogP contribution < -0.4 is 0 Å². The molecule has 7 nitrogen and oxygen atoms in total. The Labute approximate surface area is 99.0 Å². The van der Waals surface area contributed by atoms with Crippen LogP contribution in [-0.2, 0) is 9.59 Å². The number of aliphatic carboxylic acids is 1. The van der Waals surface area contributed by atoms with Crippen molar-refractivity contribution in [1.29, 1.82) is 0 Å². The molecule has 1 N–H and O–H groups in total. The van der Waals surface area contributed by atoms with Gasteiger partial charge in [0, 0.05) is 30.5 Å². The van der Waals surface area contributed by atoms with Crippen LogP contribution in [-0.4, -0.2) is 41.0 Å². The van der Waals surface area contributed by atoms with Gasteiger partial charge >= 0.3 is 5.97 Å². The van der Waals surface area contributed by atoms with Crippen molar-refractivity contribution in [1.82, 2.24) is 4.90 Å². The Bertz CT molecular complexity index is 351. The van der Waals surface area contributed by atoms with Crippen LogP contribution in [0.5, 0.6) is 0 Å². The van der Waals surface area contributed by atoms with Gasteiger partial charge in [-0.1, -0.05) is 12.0 Å². The molecular formula is C10H16N4O3. The highest BCUT2D eigenvalue weighted by atomic mass is 16.4. The second kappa shape index (κ2) is 6.10. The molecule has 1 aliphatic rings. The largest absolute Gasteiger partial charge is 0.481 e. The molecule has 0 aromatic carbocycles. The van der Waals surface area contributed by atoms with Crippen molar-refractivity contribution < 1.29 is 14.7 Å². The van der Waals surface area contributed by atoms with Crippen LogP contribution >= 0.6 is 0 Å². The third-order valence-corrected chi connectivity index (χ3v) is 2.96. The normalized spacial score (nSPS) is 21.1. The predicted molar refractivity (Wildman–Crippen MR) is 60.2 cm³/mol. The van der Waals surface area contributed by atoms with E-state index in [0.29, 0.717) is 25.9 Å². The van der Waals surface area contributed by atoms with Crippen LogP contribution in [0.2, 0.25) is 0 Å². The van der Waals surface area contributed by atoms with Crippen LogP contribution in [0.3, 0.4) is 0 Å². The average Bonchev–Trinajstić information content (AvgIpc) is 2.64. The Balaban J connectivity index is 2.61. The van der Waals surface area contributed by atoms with E-state index in [2.05, 4.69) is 10.0 Å². The molecule has 1 amide bonds. The number of hydrogen-bond acceptors (Lipinski definition) is 3. The lowest BCUT2D eigenvalue weighted by Crippen LogP contribution is -2.37. The first kappa shape index (κ1) is 13.3. The quantitative estimate of drug-likeness (QED) is 0.430. The Hall–Kier alpha value is -1.75. The van der Waals surface area contributed by atoms with E-state index < -0.39 is 5.97 Å². The standard InChI is InChI=1S/C10H16N4O3/c1-2-8(4-10(16)17)14-6-7(3-9(14)15)5-12-13-11/h7-8H,2-6H2,1H3,(H,16,17). The van der Waals surface area contributed by atoms with Gasteiger partial charge in [-0.05, 0) is 17.9 Å². The summed E-state index contributed by atoms with van der Waals surface area (Å²) in [6.45, 7) is 2.65. The lowest BCUT2D eigenvalue weighted by atomic mass is 10.1. The molecule has 1 fully saturated rings. The van der Waals surface area contributed by atoms with E-state index in [0.717, 1.165) is 0 Å². The highest BCUT2D eigenvalue weighted by molar-refractivity contribution is 5.80. The Morgan fingerprint density at radius 1 is 1.76 bits per heavy atom. The minimum atomic E-state index is -0.900. The summed E-state index contributed by atoms with van der Waals surface area (Å²) < 4.78 is 0. The van der Waals surface area contributed by atoms with Gasteiger partial charge in [-0.25, -0.2) is 0 Å². The smallest absolute Gasteiger partial charge is 0.305 e. The van der Waals surface area contributed by atoms with Crippen molar-refractivity contribution in [3.63, 3.8) is 0 Å². The van der Waals surface area contributed by atoms with Crippen LogP contribution in [0, 0.1) is 5.92 Å². The highest BCUT2D eigenvalue weighted by Crippen LogP contribution is 2.23. The Morgan fingerprint density at radius 3 is 3.00 bits per heavy atom. The van der Waals surface area contributed by atoms with Gasteiger partial charge in [0.2, 0.25) is 5.91 Å². The first-order valence-electron chi connectivity index (χ1n) is 5.60. The molecule has 0 aromatic heterocycles. The molecule has 0 radical (unpaired) electrons. The monoisotopic (exact) mass is 240 g/mol. The summed E-state index contributed by atoms with van der Waals surface area (Å²) in [4.78, 5) is 26.7. The molecule has 94 valence electrons. The van der Waals surface area contributed by atoms with Gasteiger partial charge in [-0.2, -0.15) is 0 Å². The number of amides is 1. The second-order valence-electron chi connectivity index (χ2n) is 4.19. The lowest BCUT2D eigenvalue weighted by molar-refractivity contribution is -0.139. The minimum absolute atomic E-state index is 0.0150. The zero-order valence-corrected chi connectivity index (χ0v) is 9.74. The fraction of sp³-hybridized carbons (Fsp3) is 0.800. The summed E-state index contributed by atoms with van der Waals surface area (Å²) in [5.74, 6) is -0.930. The molecule has 0 saturated carbocycles. The molecule has 7 heteroatoms. The maximum atomic E-state index is 11.7. The number of azide groups is 1. The fourth-order valence-electron chi connectivity index (χ4n) is 2.11. The summed E-state index contributed by atoms with van der Waals surface area (Å²) in [6.07, 6.45) is 0.928. The first-order valence-corrected chi connectivity index (χ1v) is 5.60. The van der Waals surface area contributed by atoms with Gasteiger partial charge in [-0.15, -0.1) is 0 Å². The van der Waals surface area contributed by atoms with E-state index in [9.17, 15) is 9.59 Å². The Kier molecular flexibility index (Phi) is 4.78. The highest BCUT2D eigenvalue weighted by Gasteiger charge is 2.33. The fourth-order valence-corrected chi connectivity index (χ4v) is 2.11. The van der Waals surface area contributed by atoms with Crippen molar-refractivity contribution in [2.45, 2.75) is 32.2 Å². The van der Waals surface area contributed by atoms with Crippen LogP contribution in [0.25, 0.3) is 10.4 Å². The SMILES string of the molecule is CCC(CC(=O)O)N1CC(CN=[N+]=[N-])CC1=O. The van der Waals surface area contributed by atoms with E-state index in [1.807, 2.05) is 6.92 Å². The third-order valence-electron chi connectivity index (χ3n) is 2.96. The number of carboxylic acids is 1. The van der Waals surface area contributed by atoms with Crippen molar-refractivity contribution in [2.75, 3.05) is 13.1 Å². The van der Waals surface area contributed by atoms with E-state index in [-0.39, 0.29) is 24.3 Å². The molecule has 0 bridgehead atoms. The van der Waals surface area contributed by atoms with Crippen molar-refractivity contribution in [3.8, 4) is 0 Å². The van der Waals surface area contributed by atoms with Crippen molar-refractivity contribution in [3.05, 3.63) is 10.4 Å². The number of rotatable bonds is 6. The van der Waals surface area contributed by atoms with Crippen LogP contribution in [0.1, 0.15) is 26.2 Å². The van der Waals surface area contributed by atoms with Gasteiger partial charge in [-0.3, -0.25) is 9.59 Å². The predicted octanol–water partition coefficient (Wildman–Crippen LogP) is 1.40. The number of carboxylic acid groups (broad SMARTS) is 1. The van der Waals surface area contributed by atoms with Crippen LogP contribution in [0.15, 0.2) is 5.11 Å². The molecule has 1 rings (SSSR count). The van der Waals surface area contributed by atoms with Crippen LogP contribution in [0.4, 0.5) is 0 Å².